The van der Waals surface area contributed by atoms with Crippen molar-refractivity contribution in [1.29, 1.82) is 0 Å². The maximum absolute atomic E-state index is 13.5. The second kappa shape index (κ2) is 5.78. The zero-order valence-corrected chi connectivity index (χ0v) is 11.5. The van der Waals surface area contributed by atoms with Gasteiger partial charge in [0, 0.05) is 16.7 Å². The normalized spacial score (nSPS) is 11.4. The molecule has 2 aromatic rings. The molecule has 20 heavy (non-hydrogen) atoms. The predicted molar refractivity (Wildman–Crippen MR) is 79.2 cm³/mol. The van der Waals surface area contributed by atoms with E-state index in [4.69, 9.17) is 0 Å². The molecule has 0 amide bonds. The van der Waals surface area contributed by atoms with Crippen LogP contribution in [0.15, 0.2) is 36.4 Å². The van der Waals surface area contributed by atoms with E-state index >= 15 is 0 Å². The van der Waals surface area contributed by atoms with Crippen LogP contribution in [0.4, 0.5) is 4.39 Å². The lowest BCUT2D eigenvalue weighted by Crippen LogP contribution is -1.91. The van der Waals surface area contributed by atoms with Gasteiger partial charge in [0.1, 0.15) is 17.3 Å². The fraction of sp³-hybridized carbons (Fsp3) is 0.176. The lowest BCUT2D eigenvalue weighted by Gasteiger charge is -2.12. The first-order valence-corrected chi connectivity index (χ1v) is 6.48. The van der Waals surface area contributed by atoms with E-state index in [0.29, 0.717) is 16.7 Å². The van der Waals surface area contributed by atoms with E-state index < -0.39 is 0 Å². The Balaban J connectivity index is 2.40. The quantitative estimate of drug-likeness (QED) is 0.806. The summed E-state index contributed by atoms with van der Waals surface area (Å²) in [6.45, 7) is 3.78. The molecule has 0 aromatic heterocycles. The molecule has 3 heteroatoms. The van der Waals surface area contributed by atoms with E-state index in [1.807, 2.05) is 13.8 Å². The van der Waals surface area contributed by atoms with Crippen LogP contribution in [0.1, 0.15) is 36.5 Å². The molecule has 2 nitrogen and oxygen atoms in total. The summed E-state index contributed by atoms with van der Waals surface area (Å²) in [4.78, 5) is 0. The van der Waals surface area contributed by atoms with Crippen LogP contribution in [0, 0.1) is 5.82 Å². The average Bonchev–Trinajstić information content (AvgIpc) is 2.39. The summed E-state index contributed by atoms with van der Waals surface area (Å²) in [5.74, 6) is -0.212. The van der Waals surface area contributed by atoms with Gasteiger partial charge in [-0.1, -0.05) is 44.2 Å². The molecule has 0 bridgehead atoms. The maximum atomic E-state index is 13.5. The highest BCUT2D eigenvalue weighted by Crippen LogP contribution is 2.37. The van der Waals surface area contributed by atoms with E-state index in [2.05, 4.69) is 0 Å². The molecular weight excluding hydrogens is 255 g/mol. The van der Waals surface area contributed by atoms with Crippen molar-refractivity contribution >= 4 is 12.2 Å². The molecule has 0 fully saturated rings. The minimum atomic E-state index is -0.314. The van der Waals surface area contributed by atoms with E-state index in [1.165, 1.54) is 12.1 Å². The standard InChI is InChI=1S/C17H17FO2/c1-11(2)16-15(19)10-9-13(17(16)20)8-7-12-5-3-4-6-14(12)18/h3-11,19-20H,1-2H3. The first kappa shape index (κ1) is 14.1. The van der Waals surface area contributed by atoms with Crippen molar-refractivity contribution in [2.75, 3.05) is 0 Å². The Bertz CT molecular complexity index is 645. The average molecular weight is 272 g/mol. The van der Waals surface area contributed by atoms with Crippen LogP contribution >= 0.6 is 0 Å². The number of phenols is 2. The molecule has 0 aliphatic heterocycles. The van der Waals surface area contributed by atoms with Gasteiger partial charge in [0.05, 0.1) is 0 Å². The SMILES string of the molecule is CC(C)c1c(O)ccc(C=Cc2ccccc2F)c1O. The van der Waals surface area contributed by atoms with Gasteiger partial charge in [0.25, 0.3) is 0 Å². The second-order valence-corrected chi connectivity index (χ2v) is 4.95. The molecule has 0 atom stereocenters. The molecule has 0 saturated carbocycles. The van der Waals surface area contributed by atoms with Crippen molar-refractivity contribution in [2.45, 2.75) is 19.8 Å². The Morgan fingerprint density at radius 2 is 1.60 bits per heavy atom. The van der Waals surface area contributed by atoms with E-state index in [0.717, 1.165) is 0 Å². The van der Waals surface area contributed by atoms with Gasteiger partial charge in [-0.25, -0.2) is 4.39 Å². The molecule has 104 valence electrons. The summed E-state index contributed by atoms with van der Waals surface area (Å²) in [6, 6.07) is 9.56. The Hall–Kier alpha value is -2.29. The Labute approximate surface area is 117 Å². The van der Waals surface area contributed by atoms with Gasteiger partial charge in [-0.3, -0.25) is 0 Å². The molecule has 0 saturated heterocycles. The topological polar surface area (TPSA) is 40.5 Å². The number of hydrogen-bond donors (Lipinski definition) is 2. The van der Waals surface area contributed by atoms with Gasteiger partial charge in [-0.15, -0.1) is 0 Å². The van der Waals surface area contributed by atoms with Crippen LogP contribution in [-0.2, 0) is 0 Å². The monoisotopic (exact) mass is 272 g/mol. The van der Waals surface area contributed by atoms with Crippen LogP contribution in [0.5, 0.6) is 11.5 Å². The molecular formula is C17H17FO2. The molecule has 0 heterocycles. The fourth-order valence-corrected chi connectivity index (χ4v) is 2.11. The van der Waals surface area contributed by atoms with Crippen molar-refractivity contribution in [2.24, 2.45) is 0 Å². The molecule has 0 aliphatic rings. The first-order valence-electron chi connectivity index (χ1n) is 6.48. The predicted octanol–water partition coefficient (Wildman–Crippen LogP) is 4.53. The van der Waals surface area contributed by atoms with E-state index in [1.54, 1.807) is 36.4 Å². The number of hydrogen-bond acceptors (Lipinski definition) is 2. The minimum Gasteiger partial charge on any atom is -0.508 e. The van der Waals surface area contributed by atoms with E-state index in [9.17, 15) is 14.6 Å². The van der Waals surface area contributed by atoms with Gasteiger partial charge in [0.15, 0.2) is 0 Å². The summed E-state index contributed by atoms with van der Waals surface area (Å²) < 4.78 is 13.5. The Morgan fingerprint density at radius 3 is 2.25 bits per heavy atom. The van der Waals surface area contributed by atoms with Crippen LogP contribution in [0.25, 0.3) is 12.2 Å². The summed E-state index contributed by atoms with van der Waals surface area (Å²) in [5.41, 5.74) is 1.50. The third-order valence-corrected chi connectivity index (χ3v) is 3.15. The Kier molecular flexibility index (Phi) is 4.08. The molecule has 0 radical (unpaired) electrons. The highest BCUT2D eigenvalue weighted by atomic mass is 19.1. The van der Waals surface area contributed by atoms with Crippen LogP contribution in [-0.4, -0.2) is 10.2 Å². The van der Waals surface area contributed by atoms with Crippen molar-refractivity contribution in [3.8, 4) is 11.5 Å². The highest BCUT2D eigenvalue weighted by Gasteiger charge is 2.13. The minimum absolute atomic E-state index is 0.00295. The summed E-state index contributed by atoms with van der Waals surface area (Å²) in [7, 11) is 0. The zero-order chi connectivity index (χ0) is 14.7. The molecule has 2 rings (SSSR count). The number of halogens is 1. The van der Waals surface area contributed by atoms with Crippen LogP contribution in [0.3, 0.4) is 0 Å². The summed E-state index contributed by atoms with van der Waals surface area (Å²) in [5, 5.41) is 20.0. The van der Waals surface area contributed by atoms with Crippen molar-refractivity contribution < 1.29 is 14.6 Å². The van der Waals surface area contributed by atoms with Gasteiger partial charge in [0.2, 0.25) is 0 Å². The lowest BCUT2D eigenvalue weighted by atomic mass is 9.97. The van der Waals surface area contributed by atoms with E-state index in [-0.39, 0.29) is 23.2 Å². The van der Waals surface area contributed by atoms with Crippen molar-refractivity contribution in [1.82, 2.24) is 0 Å². The van der Waals surface area contributed by atoms with Crippen molar-refractivity contribution in [3.63, 3.8) is 0 Å². The summed E-state index contributed by atoms with van der Waals surface area (Å²) >= 11 is 0. The number of benzene rings is 2. The molecule has 0 unspecified atom stereocenters. The lowest BCUT2D eigenvalue weighted by molar-refractivity contribution is 0.432. The zero-order valence-electron chi connectivity index (χ0n) is 11.5. The Morgan fingerprint density at radius 1 is 0.950 bits per heavy atom. The molecule has 2 N–H and O–H groups in total. The molecule has 0 aliphatic carbocycles. The fourth-order valence-electron chi connectivity index (χ4n) is 2.11. The van der Waals surface area contributed by atoms with Gasteiger partial charge >= 0.3 is 0 Å². The highest BCUT2D eigenvalue weighted by molar-refractivity contribution is 5.74. The number of rotatable bonds is 3. The third kappa shape index (κ3) is 2.82. The summed E-state index contributed by atoms with van der Waals surface area (Å²) in [6.07, 6.45) is 3.24. The van der Waals surface area contributed by atoms with Crippen LogP contribution < -0.4 is 0 Å². The number of phenolic OH excluding ortho intramolecular Hbond substituents is 2. The van der Waals surface area contributed by atoms with Crippen LogP contribution in [0.2, 0.25) is 0 Å². The number of aromatic hydroxyl groups is 2. The first-order chi connectivity index (χ1) is 9.50. The second-order valence-electron chi connectivity index (χ2n) is 4.95. The van der Waals surface area contributed by atoms with Gasteiger partial charge in [-0.2, -0.15) is 0 Å². The maximum Gasteiger partial charge on any atom is 0.130 e. The van der Waals surface area contributed by atoms with Crippen molar-refractivity contribution in [3.05, 3.63) is 58.9 Å². The largest absolute Gasteiger partial charge is 0.508 e. The smallest absolute Gasteiger partial charge is 0.130 e. The molecule has 2 aromatic carbocycles. The van der Waals surface area contributed by atoms with Gasteiger partial charge < -0.3 is 10.2 Å². The van der Waals surface area contributed by atoms with Gasteiger partial charge in [-0.05, 0) is 24.1 Å². The molecule has 0 spiro atoms. The third-order valence-electron chi connectivity index (χ3n) is 3.15.